The van der Waals surface area contributed by atoms with E-state index in [0.717, 1.165) is 18.4 Å². The first kappa shape index (κ1) is 14.1. The lowest BCUT2D eigenvalue weighted by Gasteiger charge is -2.37. The third-order valence-electron chi connectivity index (χ3n) is 4.51. The second-order valence-corrected chi connectivity index (χ2v) is 6.30. The van der Waals surface area contributed by atoms with Crippen molar-refractivity contribution in [3.05, 3.63) is 64.5 Å². The lowest BCUT2D eigenvalue weighted by Crippen LogP contribution is -2.34. The van der Waals surface area contributed by atoms with Crippen molar-refractivity contribution in [3.63, 3.8) is 0 Å². The zero-order valence-electron chi connectivity index (χ0n) is 12.9. The Labute approximate surface area is 126 Å². The van der Waals surface area contributed by atoms with E-state index in [1.807, 2.05) is 12.1 Å². The quantitative estimate of drug-likeness (QED) is 0.825. The second kappa shape index (κ2) is 5.51. The summed E-state index contributed by atoms with van der Waals surface area (Å²) in [5.74, 6) is 0.290. The van der Waals surface area contributed by atoms with Gasteiger partial charge in [0.25, 0.3) is 0 Å². The molecule has 21 heavy (non-hydrogen) atoms. The van der Waals surface area contributed by atoms with E-state index in [-0.39, 0.29) is 5.82 Å². The fourth-order valence-corrected chi connectivity index (χ4v) is 3.41. The van der Waals surface area contributed by atoms with Crippen molar-refractivity contribution in [2.24, 2.45) is 0 Å². The first-order chi connectivity index (χ1) is 10.0. The van der Waals surface area contributed by atoms with E-state index in [4.69, 9.17) is 0 Å². The highest BCUT2D eigenvalue weighted by Gasteiger charge is 2.32. The molecule has 0 bridgehead atoms. The Bertz CT molecular complexity index is 633. The standard InChI is InChI=1S/C19H22FN/c1-12-8-13(2)19(14(3)9-12)21-16-10-15(11-16)17-6-4-5-7-18(17)20/h4-9,15-16,21H,10-11H2,1-3H3. The van der Waals surface area contributed by atoms with Gasteiger partial charge in [-0.05, 0) is 62.3 Å². The van der Waals surface area contributed by atoms with Crippen molar-refractivity contribution in [3.8, 4) is 0 Å². The largest absolute Gasteiger partial charge is 0.382 e. The van der Waals surface area contributed by atoms with Crippen LogP contribution < -0.4 is 5.32 Å². The Morgan fingerprint density at radius 2 is 1.62 bits per heavy atom. The molecule has 2 heteroatoms. The van der Waals surface area contributed by atoms with Crippen LogP contribution in [0.25, 0.3) is 0 Å². The molecule has 1 aliphatic carbocycles. The molecule has 2 aromatic rings. The monoisotopic (exact) mass is 283 g/mol. The maximum absolute atomic E-state index is 13.8. The maximum atomic E-state index is 13.8. The van der Waals surface area contributed by atoms with Crippen molar-refractivity contribution in [1.82, 2.24) is 0 Å². The van der Waals surface area contributed by atoms with E-state index < -0.39 is 0 Å². The molecule has 0 heterocycles. The number of hydrogen-bond donors (Lipinski definition) is 1. The van der Waals surface area contributed by atoms with Crippen LogP contribution in [0.2, 0.25) is 0 Å². The molecule has 1 nitrogen and oxygen atoms in total. The van der Waals surface area contributed by atoms with Gasteiger partial charge in [0.2, 0.25) is 0 Å². The topological polar surface area (TPSA) is 12.0 Å². The summed E-state index contributed by atoms with van der Waals surface area (Å²) in [5.41, 5.74) is 6.00. The Hall–Kier alpha value is -1.83. The summed E-state index contributed by atoms with van der Waals surface area (Å²) in [6.07, 6.45) is 2.02. The van der Waals surface area contributed by atoms with Gasteiger partial charge in [-0.1, -0.05) is 35.9 Å². The molecule has 0 unspecified atom stereocenters. The molecule has 1 aliphatic rings. The van der Waals surface area contributed by atoms with Crippen LogP contribution in [0.4, 0.5) is 10.1 Å². The zero-order chi connectivity index (χ0) is 15.0. The molecular weight excluding hydrogens is 261 g/mol. The van der Waals surface area contributed by atoms with E-state index in [1.54, 1.807) is 12.1 Å². The zero-order valence-corrected chi connectivity index (χ0v) is 12.9. The highest BCUT2D eigenvalue weighted by Crippen LogP contribution is 2.40. The Kier molecular flexibility index (Phi) is 3.71. The van der Waals surface area contributed by atoms with Gasteiger partial charge in [-0.25, -0.2) is 4.39 Å². The van der Waals surface area contributed by atoms with E-state index in [1.165, 1.54) is 22.4 Å². The van der Waals surface area contributed by atoms with Crippen LogP contribution in [0.15, 0.2) is 36.4 Å². The summed E-state index contributed by atoms with van der Waals surface area (Å²) in [6.45, 7) is 6.42. The van der Waals surface area contributed by atoms with Gasteiger partial charge in [-0.2, -0.15) is 0 Å². The second-order valence-electron chi connectivity index (χ2n) is 6.30. The van der Waals surface area contributed by atoms with Gasteiger partial charge < -0.3 is 5.32 Å². The molecule has 0 aliphatic heterocycles. The van der Waals surface area contributed by atoms with Crippen LogP contribution in [-0.4, -0.2) is 6.04 Å². The minimum absolute atomic E-state index is 0.0661. The van der Waals surface area contributed by atoms with Crippen molar-refractivity contribution in [1.29, 1.82) is 0 Å². The van der Waals surface area contributed by atoms with Crippen LogP contribution in [0.1, 0.15) is 41.0 Å². The summed E-state index contributed by atoms with van der Waals surface area (Å²) >= 11 is 0. The lowest BCUT2D eigenvalue weighted by atomic mass is 9.75. The molecule has 3 rings (SSSR count). The number of hydrogen-bond acceptors (Lipinski definition) is 1. The first-order valence-electron chi connectivity index (χ1n) is 7.63. The van der Waals surface area contributed by atoms with Crippen LogP contribution >= 0.6 is 0 Å². The van der Waals surface area contributed by atoms with E-state index >= 15 is 0 Å². The average Bonchev–Trinajstić information content (AvgIpc) is 2.37. The van der Waals surface area contributed by atoms with Crippen LogP contribution in [0.5, 0.6) is 0 Å². The van der Waals surface area contributed by atoms with Crippen molar-refractivity contribution >= 4 is 5.69 Å². The summed E-state index contributed by atoms with van der Waals surface area (Å²) in [4.78, 5) is 0. The summed E-state index contributed by atoms with van der Waals surface area (Å²) in [6, 6.07) is 12.0. The van der Waals surface area contributed by atoms with Gasteiger partial charge in [-0.3, -0.25) is 0 Å². The molecule has 0 amide bonds. The van der Waals surface area contributed by atoms with Gasteiger partial charge in [-0.15, -0.1) is 0 Å². The van der Waals surface area contributed by atoms with Crippen molar-refractivity contribution < 1.29 is 4.39 Å². The average molecular weight is 283 g/mol. The first-order valence-corrected chi connectivity index (χ1v) is 7.63. The normalized spacial score (nSPS) is 21.0. The highest BCUT2D eigenvalue weighted by molar-refractivity contribution is 5.59. The number of rotatable bonds is 3. The van der Waals surface area contributed by atoms with E-state index in [0.29, 0.717) is 12.0 Å². The minimum atomic E-state index is -0.0661. The number of benzene rings is 2. The molecule has 1 fully saturated rings. The third-order valence-corrected chi connectivity index (χ3v) is 4.51. The number of halogens is 1. The molecule has 1 N–H and O–H groups in total. The number of anilines is 1. The molecule has 110 valence electrons. The predicted octanol–water partition coefficient (Wildman–Crippen LogP) is 5.11. The minimum Gasteiger partial charge on any atom is -0.382 e. The molecule has 0 radical (unpaired) electrons. The Morgan fingerprint density at radius 1 is 1.00 bits per heavy atom. The van der Waals surface area contributed by atoms with Crippen molar-refractivity contribution in [2.75, 3.05) is 5.32 Å². The third kappa shape index (κ3) is 2.80. The molecule has 0 atom stereocenters. The predicted molar refractivity (Wildman–Crippen MR) is 86.4 cm³/mol. The molecule has 2 aromatic carbocycles. The fraction of sp³-hybridized carbons (Fsp3) is 0.368. The smallest absolute Gasteiger partial charge is 0.126 e. The van der Waals surface area contributed by atoms with Gasteiger partial charge >= 0.3 is 0 Å². The summed E-state index contributed by atoms with van der Waals surface area (Å²) < 4.78 is 13.8. The maximum Gasteiger partial charge on any atom is 0.126 e. The van der Waals surface area contributed by atoms with Crippen LogP contribution in [0, 0.1) is 26.6 Å². The molecule has 1 saturated carbocycles. The molecule has 0 spiro atoms. The molecular formula is C19H22FN. The van der Waals surface area contributed by atoms with Crippen LogP contribution in [0.3, 0.4) is 0 Å². The highest BCUT2D eigenvalue weighted by atomic mass is 19.1. The van der Waals surface area contributed by atoms with Gasteiger partial charge in [0, 0.05) is 11.7 Å². The van der Waals surface area contributed by atoms with E-state index in [2.05, 4.69) is 38.2 Å². The molecule has 0 aromatic heterocycles. The van der Waals surface area contributed by atoms with Gasteiger partial charge in [0.15, 0.2) is 0 Å². The summed E-state index contributed by atoms with van der Waals surface area (Å²) in [7, 11) is 0. The summed E-state index contributed by atoms with van der Waals surface area (Å²) in [5, 5.41) is 3.64. The van der Waals surface area contributed by atoms with Crippen LogP contribution in [-0.2, 0) is 0 Å². The fourth-order valence-electron chi connectivity index (χ4n) is 3.41. The SMILES string of the molecule is Cc1cc(C)c(NC2CC(c3ccccc3F)C2)c(C)c1. The van der Waals surface area contributed by atoms with Crippen molar-refractivity contribution in [2.45, 2.75) is 45.6 Å². The Balaban J connectivity index is 1.67. The number of aryl methyl sites for hydroxylation is 3. The lowest BCUT2D eigenvalue weighted by molar-refractivity contribution is 0.363. The Morgan fingerprint density at radius 3 is 2.24 bits per heavy atom. The molecule has 0 saturated heterocycles. The van der Waals surface area contributed by atoms with Gasteiger partial charge in [0.1, 0.15) is 5.82 Å². The van der Waals surface area contributed by atoms with E-state index in [9.17, 15) is 4.39 Å². The van der Waals surface area contributed by atoms with Gasteiger partial charge in [0.05, 0.1) is 0 Å². The number of nitrogens with one attached hydrogen (secondary N) is 1.